The highest BCUT2D eigenvalue weighted by Gasteiger charge is 2.04. The molecule has 0 bridgehead atoms. The molecule has 0 radical (unpaired) electrons. The smallest absolute Gasteiger partial charge is 0.101 e. The van der Waals surface area contributed by atoms with E-state index in [0.29, 0.717) is 17.8 Å². The van der Waals surface area contributed by atoms with Gasteiger partial charge >= 0.3 is 0 Å². The number of hydrogen-bond acceptors (Lipinski definition) is 3. The number of nitrogens with one attached hydrogen (secondary N) is 1. The van der Waals surface area contributed by atoms with Crippen molar-refractivity contribution >= 4 is 11.4 Å². The standard InChI is InChI=1S/C15H15N3/c1-11-5-2-3-6-13(11)10-18-14-8-4-7-12(9-16)15(14)17/h2-8,18H,10,17H2,1H3. The molecule has 0 atom stereocenters. The van der Waals surface area contributed by atoms with Crippen molar-refractivity contribution in [2.45, 2.75) is 13.5 Å². The first-order valence-corrected chi connectivity index (χ1v) is 5.79. The number of aryl methyl sites for hydroxylation is 1. The Morgan fingerprint density at radius 1 is 1.17 bits per heavy atom. The highest BCUT2D eigenvalue weighted by atomic mass is 14.9. The molecule has 0 aromatic heterocycles. The van der Waals surface area contributed by atoms with Crippen LogP contribution in [0.5, 0.6) is 0 Å². The van der Waals surface area contributed by atoms with Crippen LogP contribution in [0.1, 0.15) is 16.7 Å². The molecule has 0 unspecified atom stereocenters. The van der Waals surface area contributed by atoms with E-state index in [1.165, 1.54) is 11.1 Å². The minimum Gasteiger partial charge on any atom is -0.396 e. The Bertz CT molecular complexity index is 597. The molecule has 2 rings (SSSR count). The van der Waals surface area contributed by atoms with Crippen LogP contribution in [0.2, 0.25) is 0 Å². The van der Waals surface area contributed by atoms with Gasteiger partial charge in [0.15, 0.2) is 0 Å². The van der Waals surface area contributed by atoms with Gasteiger partial charge in [-0.1, -0.05) is 30.3 Å². The van der Waals surface area contributed by atoms with Gasteiger partial charge in [-0.05, 0) is 30.2 Å². The quantitative estimate of drug-likeness (QED) is 0.806. The first-order valence-electron chi connectivity index (χ1n) is 5.79. The molecule has 3 nitrogen and oxygen atoms in total. The molecule has 0 fully saturated rings. The van der Waals surface area contributed by atoms with Gasteiger partial charge in [0, 0.05) is 6.54 Å². The second-order valence-electron chi connectivity index (χ2n) is 4.16. The molecular formula is C15H15N3. The molecule has 0 aliphatic carbocycles. The summed E-state index contributed by atoms with van der Waals surface area (Å²) in [4.78, 5) is 0. The molecule has 0 aliphatic rings. The number of anilines is 2. The average Bonchev–Trinajstić information content (AvgIpc) is 2.39. The molecular weight excluding hydrogens is 222 g/mol. The lowest BCUT2D eigenvalue weighted by Crippen LogP contribution is -2.04. The van der Waals surface area contributed by atoms with E-state index in [1.54, 1.807) is 6.07 Å². The molecule has 90 valence electrons. The fourth-order valence-corrected chi connectivity index (χ4v) is 1.82. The third-order valence-corrected chi connectivity index (χ3v) is 2.96. The number of nitrogen functional groups attached to an aromatic ring is 1. The van der Waals surface area contributed by atoms with Crippen molar-refractivity contribution in [2.24, 2.45) is 0 Å². The van der Waals surface area contributed by atoms with E-state index in [-0.39, 0.29) is 0 Å². The van der Waals surface area contributed by atoms with E-state index in [2.05, 4.69) is 30.4 Å². The summed E-state index contributed by atoms with van der Waals surface area (Å²) < 4.78 is 0. The third kappa shape index (κ3) is 2.44. The van der Waals surface area contributed by atoms with Crippen molar-refractivity contribution in [3.63, 3.8) is 0 Å². The van der Waals surface area contributed by atoms with Crippen molar-refractivity contribution in [3.05, 3.63) is 59.2 Å². The number of para-hydroxylation sites is 1. The number of nitrogens with two attached hydrogens (primary N) is 1. The zero-order valence-electron chi connectivity index (χ0n) is 10.3. The van der Waals surface area contributed by atoms with Crippen LogP contribution in [0.4, 0.5) is 11.4 Å². The lowest BCUT2D eigenvalue weighted by Gasteiger charge is -2.11. The monoisotopic (exact) mass is 237 g/mol. The van der Waals surface area contributed by atoms with Gasteiger partial charge in [0.25, 0.3) is 0 Å². The Balaban J connectivity index is 2.17. The summed E-state index contributed by atoms with van der Waals surface area (Å²) in [7, 11) is 0. The van der Waals surface area contributed by atoms with Crippen LogP contribution in [-0.4, -0.2) is 0 Å². The van der Waals surface area contributed by atoms with Crippen LogP contribution < -0.4 is 11.1 Å². The van der Waals surface area contributed by atoms with Gasteiger partial charge in [-0.15, -0.1) is 0 Å². The number of nitrogens with zero attached hydrogens (tertiary/aromatic N) is 1. The summed E-state index contributed by atoms with van der Waals surface area (Å²) in [6.07, 6.45) is 0. The maximum atomic E-state index is 8.91. The summed E-state index contributed by atoms with van der Waals surface area (Å²) >= 11 is 0. The Kier molecular flexibility index (Phi) is 3.49. The fraction of sp³-hybridized carbons (Fsp3) is 0.133. The summed E-state index contributed by atoms with van der Waals surface area (Å²) in [6.45, 7) is 2.78. The van der Waals surface area contributed by atoms with Crippen molar-refractivity contribution < 1.29 is 0 Å². The lowest BCUT2D eigenvalue weighted by atomic mass is 10.1. The molecule has 2 aromatic rings. The lowest BCUT2D eigenvalue weighted by molar-refractivity contribution is 1.12. The van der Waals surface area contributed by atoms with Crippen molar-refractivity contribution in [1.82, 2.24) is 0 Å². The van der Waals surface area contributed by atoms with Gasteiger partial charge in [0.05, 0.1) is 16.9 Å². The molecule has 0 heterocycles. The van der Waals surface area contributed by atoms with Crippen LogP contribution >= 0.6 is 0 Å². The first kappa shape index (κ1) is 12.0. The fourth-order valence-electron chi connectivity index (χ4n) is 1.82. The number of benzene rings is 2. The molecule has 0 saturated carbocycles. The molecule has 0 spiro atoms. The van der Waals surface area contributed by atoms with E-state index in [0.717, 1.165) is 5.69 Å². The van der Waals surface area contributed by atoms with E-state index in [4.69, 9.17) is 11.0 Å². The summed E-state index contributed by atoms with van der Waals surface area (Å²) in [5, 5.41) is 12.2. The zero-order chi connectivity index (χ0) is 13.0. The maximum absolute atomic E-state index is 8.91. The van der Waals surface area contributed by atoms with E-state index in [1.807, 2.05) is 24.3 Å². The van der Waals surface area contributed by atoms with Gasteiger partial charge in [-0.2, -0.15) is 5.26 Å². The van der Waals surface area contributed by atoms with Crippen molar-refractivity contribution in [2.75, 3.05) is 11.1 Å². The van der Waals surface area contributed by atoms with E-state index >= 15 is 0 Å². The molecule has 2 aromatic carbocycles. The first-order chi connectivity index (χ1) is 8.72. The molecule has 0 aliphatic heterocycles. The highest BCUT2D eigenvalue weighted by Crippen LogP contribution is 2.22. The third-order valence-electron chi connectivity index (χ3n) is 2.96. The second-order valence-corrected chi connectivity index (χ2v) is 4.16. The Morgan fingerprint density at radius 2 is 1.94 bits per heavy atom. The summed E-state index contributed by atoms with van der Waals surface area (Å²) in [6, 6.07) is 15.7. The molecule has 0 saturated heterocycles. The topological polar surface area (TPSA) is 61.8 Å². The van der Waals surface area contributed by atoms with Crippen LogP contribution in [0, 0.1) is 18.3 Å². The summed E-state index contributed by atoms with van der Waals surface area (Å²) in [5.74, 6) is 0. The Hall–Kier alpha value is -2.47. The van der Waals surface area contributed by atoms with Crippen LogP contribution in [0.3, 0.4) is 0 Å². The van der Waals surface area contributed by atoms with Crippen molar-refractivity contribution in [3.8, 4) is 6.07 Å². The number of nitriles is 1. The molecule has 3 N–H and O–H groups in total. The van der Waals surface area contributed by atoms with Gasteiger partial charge in [0.1, 0.15) is 6.07 Å². The Labute approximate surface area is 107 Å². The molecule has 0 amide bonds. The summed E-state index contributed by atoms with van der Waals surface area (Å²) in [5.41, 5.74) is 10.2. The van der Waals surface area contributed by atoms with Crippen LogP contribution in [-0.2, 0) is 6.54 Å². The van der Waals surface area contributed by atoms with Crippen LogP contribution in [0.25, 0.3) is 0 Å². The van der Waals surface area contributed by atoms with Gasteiger partial charge in [-0.3, -0.25) is 0 Å². The van der Waals surface area contributed by atoms with E-state index < -0.39 is 0 Å². The van der Waals surface area contributed by atoms with Crippen LogP contribution in [0.15, 0.2) is 42.5 Å². The Morgan fingerprint density at radius 3 is 2.67 bits per heavy atom. The predicted octanol–water partition coefficient (Wildman–Crippen LogP) is 3.06. The minimum atomic E-state index is 0.504. The van der Waals surface area contributed by atoms with E-state index in [9.17, 15) is 0 Å². The highest BCUT2D eigenvalue weighted by molar-refractivity contribution is 5.72. The number of rotatable bonds is 3. The average molecular weight is 237 g/mol. The van der Waals surface area contributed by atoms with Crippen molar-refractivity contribution in [1.29, 1.82) is 5.26 Å². The molecule has 18 heavy (non-hydrogen) atoms. The minimum absolute atomic E-state index is 0.504. The zero-order valence-corrected chi connectivity index (χ0v) is 10.3. The van der Waals surface area contributed by atoms with Gasteiger partial charge in [-0.25, -0.2) is 0 Å². The number of hydrogen-bond donors (Lipinski definition) is 2. The normalized spacial score (nSPS) is 9.78. The van der Waals surface area contributed by atoms with Gasteiger partial charge < -0.3 is 11.1 Å². The van der Waals surface area contributed by atoms with Gasteiger partial charge in [0.2, 0.25) is 0 Å². The largest absolute Gasteiger partial charge is 0.396 e. The molecule has 3 heteroatoms. The SMILES string of the molecule is Cc1ccccc1CNc1cccc(C#N)c1N. The second kappa shape index (κ2) is 5.24. The predicted molar refractivity (Wildman–Crippen MR) is 74.1 cm³/mol. The maximum Gasteiger partial charge on any atom is 0.101 e.